The van der Waals surface area contributed by atoms with Gasteiger partial charge in [-0.1, -0.05) is 42.1 Å². The van der Waals surface area contributed by atoms with Gasteiger partial charge in [0.25, 0.3) is 5.91 Å². The molecule has 1 aliphatic rings. The second-order valence-corrected chi connectivity index (χ2v) is 8.66. The molecular formula is C25H23N5O3S. The van der Waals surface area contributed by atoms with E-state index in [2.05, 4.69) is 10.1 Å². The fourth-order valence-electron chi connectivity index (χ4n) is 3.82. The average molecular weight is 474 g/mol. The van der Waals surface area contributed by atoms with Crippen molar-refractivity contribution in [1.29, 1.82) is 0 Å². The molecule has 0 spiro atoms. The fraction of sp³-hybridized carbons (Fsp3) is 0.160. The van der Waals surface area contributed by atoms with Gasteiger partial charge in [0.05, 0.1) is 36.7 Å². The zero-order valence-electron chi connectivity index (χ0n) is 18.5. The lowest BCUT2D eigenvalue weighted by Gasteiger charge is -2.19. The largest absolute Gasteiger partial charge is 0.497 e. The molecule has 0 radical (unpaired) electrons. The number of hydrogen-bond donors (Lipinski definition) is 1. The Morgan fingerprint density at radius 3 is 2.62 bits per heavy atom. The summed E-state index contributed by atoms with van der Waals surface area (Å²) in [7, 11) is 1.63. The molecule has 0 unspecified atom stereocenters. The van der Waals surface area contributed by atoms with Crippen LogP contribution in [0.1, 0.15) is 23.8 Å². The summed E-state index contributed by atoms with van der Waals surface area (Å²) >= 11 is 1.28. The number of rotatable bonds is 7. The second-order valence-electron chi connectivity index (χ2n) is 7.72. The number of amides is 1. The number of nitrogens with two attached hydrogens (primary N) is 1. The maximum atomic E-state index is 13.2. The molecule has 1 aliphatic heterocycles. The quantitative estimate of drug-likeness (QED) is 0.317. The summed E-state index contributed by atoms with van der Waals surface area (Å²) < 4.78 is 12.3. The fourth-order valence-corrected chi connectivity index (χ4v) is 4.57. The highest BCUT2D eigenvalue weighted by Gasteiger charge is 2.35. The van der Waals surface area contributed by atoms with Crippen LogP contribution in [0.2, 0.25) is 0 Å². The van der Waals surface area contributed by atoms with Crippen LogP contribution in [0.15, 0.2) is 93.9 Å². The van der Waals surface area contributed by atoms with Gasteiger partial charge in [0.15, 0.2) is 5.16 Å². The van der Waals surface area contributed by atoms with Crippen molar-refractivity contribution in [2.75, 3.05) is 18.7 Å². The second kappa shape index (κ2) is 9.48. The van der Waals surface area contributed by atoms with Crippen LogP contribution < -0.4 is 10.6 Å². The number of hydrogen-bond acceptors (Lipinski definition) is 7. The van der Waals surface area contributed by atoms with Gasteiger partial charge in [0.1, 0.15) is 17.6 Å². The van der Waals surface area contributed by atoms with E-state index in [1.807, 2.05) is 66.7 Å². The lowest BCUT2D eigenvalue weighted by molar-refractivity contribution is -0.130. The van der Waals surface area contributed by atoms with E-state index in [1.54, 1.807) is 19.6 Å². The molecule has 2 aromatic carbocycles. The number of carbonyl (C=O) groups is 1. The number of hydrazone groups is 1. The molecule has 2 aromatic heterocycles. The van der Waals surface area contributed by atoms with Crippen molar-refractivity contribution in [2.45, 2.75) is 17.6 Å². The standard InChI is InChI=1S/C25H23N5O3S/c1-32-19-11-9-18(10-12-19)20-14-22(23-8-5-13-33-23)30(28-20)24(31)16-34-25-27-21(15-29(25)26)17-6-3-2-4-7-17/h2-13,15,22H,14,16,26H2,1H3/t22-/m1/s1. The molecule has 0 bridgehead atoms. The van der Waals surface area contributed by atoms with Crippen molar-refractivity contribution in [3.05, 3.63) is 90.5 Å². The van der Waals surface area contributed by atoms with Gasteiger partial charge >= 0.3 is 0 Å². The minimum absolute atomic E-state index is 0.138. The Morgan fingerprint density at radius 1 is 1.12 bits per heavy atom. The Kier molecular flexibility index (Phi) is 6.09. The minimum atomic E-state index is -0.308. The molecule has 34 heavy (non-hydrogen) atoms. The van der Waals surface area contributed by atoms with Crippen molar-refractivity contribution in [1.82, 2.24) is 14.7 Å². The van der Waals surface area contributed by atoms with Crippen molar-refractivity contribution in [3.8, 4) is 17.0 Å². The molecule has 8 nitrogen and oxygen atoms in total. The molecule has 9 heteroatoms. The number of aromatic nitrogens is 2. The van der Waals surface area contributed by atoms with Crippen LogP contribution in [0.3, 0.4) is 0 Å². The maximum Gasteiger partial charge on any atom is 0.253 e. The summed E-state index contributed by atoms with van der Waals surface area (Å²) in [4.78, 5) is 17.8. The molecule has 3 heterocycles. The number of methoxy groups -OCH3 is 1. The van der Waals surface area contributed by atoms with E-state index in [0.717, 1.165) is 28.3 Å². The first-order valence-corrected chi connectivity index (χ1v) is 11.7. The molecule has 1 atom stereocenters. The number of benzene rings is 2. The normalized spacial score (nSPS) is 15.4. The van der Waals surface area contributed by atoms with Crippen molar-refractivity contribution in [3.63, 3.8) is 0 Å². The van der Waals surface area contributed by atoms with E-state index >= 15 is 0 Å². The Hall–Kier alpha value is -3.98. The van der Waals surface area contributed by atoms with Crippen LogP contribution in [0.5, 0.6) is 5.75 Å². The van der Waals surface area contributed by atoms with E-state index in [4.69, 9.17) is 15.0 Å². The third-order valence-corrected chi connectivity index (χ3v) is 6.50. The summed E-state index contributed by atoms with van der Waals surface area (Å²) in [5.41, 5.74) is 3.47. The van der Waals surface area contributed by atoms with Gasteiger partial charge in [-0.25, -0.2) is 14.7 Å². The van der Waals surface area contributed by atoms with Crippen molar-refractivity contribution in [2.24, 2.45) is 5.10 Å². The first kappa shape index (κ1) is 21.8. The van der Waals surface area contributed by atoms with Gasteiger partial charge in [-0.15, -0.1) is 0 Å². The van der Waals surface area contributed by atoms with Crippen LogP contribution in [0.25, 0.3) is 11.3 Å². The van der Waals surface area contributed by atoms with Crippen LogP contribution >= 0.6 is 11.8 Å². The Morgan fingerprint density at radius 2 is 1.91 bits per heavy atom. The van der Waals surface area contributed by atoms with E-state index in [-0.39, 0.29) is 17.7 Å². The summed E-state index contributed by atoms with van der Waals surface area (Å²) in [6.45, 7) is 0. The molecule has 0 saturated heterocycles. The number of nitrogens with zero attached hydrogens (tertiary/aromatic N) is 4. The van der Waals surface area contributed by atoms with Crippen LogP contribution in [0, 0.1) is 0 Å². The number of furan rings is 1. The highest BCUT2D eigenvalue weighted by molar-refractivity contribution is 7.99. The zero-order valence-corrected chi connectivity index (χ0v) is 19.3. The lowest BCUT2D eigenvalue weighted by Crippen LogP contribution is -2.28. The first-order valence-electron chi connectivity index (χ1n) is 10.7. The molecule has 5 rings (SSSR count). The lowest BCUT2D eigenvalue weighted by atomic mass is 10.0. The number of nitrogen functional groups attached to an aromatic ring is 1. The van der Waals surface area contributed by atoms with Gasteiger partial charge < -0.3 is 15.0 Å². The highest BCUT2D eigenvalue weighted by Crippen LogP contribution is 2.34. The smallest absolute Gasteiger partial charge is 0.253 e. The molecule has 1 amide bonds. The number of ether oxygens (including phenoxy) is 1. The molecule has 0 fully saturated rings. The Balaban J connectivity index is 1.34. The van der Waals surface area contributed by atoms with Gasteiger partial charge in [0.2, 0.25) is 0 Å². The summed E-state index contributed by atoms with van der Waals surface area (Å²) in [6, 6.07) is 20.8. The summed E-state index contributed by atoms with van der Waals surface area (Å²) in [6.07, 6.45) is 3.91. The van der Waals surface area contributed by atoms with Crippen molar-refractivity contribution < 1.29 is 13.9 Å². The predicted molar refractivity (Wildman–Crippen MR) is 131 cm³/mol. The van der Waals surface area contributed by atoms with Crippen LogP contribution in [-0.4, -0.2) is 39.2 Å². The van der Waals surface area contributed by atoms with Gasteiger partial charge in [-0.2, -0.15) is 5.10 Å². The van der Waals surface area contributed by atoms with E-state index in [1.165, 1.54) is 21.4 Å². The molecule has 172 valence electrons. The first-order chi connectivity index (χ1) is 16.6. The minimum Gasteiger partial charge on any atom is -0.497 e. The summed E-state index contributed by atoms with van der Waals surface area (Å²) in [5, 5.41) is 6.73. The monoisotopic (exact) mass is 473 g/mol. The molecule has 4 aromatic rings. The Labute approximate surface area is 201 Å². The van der Waals surface area contributed by atoms with Gasteiger partial charge in [0, 0.05) is 12.0 Å². The zero-order chi connectivity index (χ0) is 23.5. The molecular weight excluding hydrogens is 450 g/mol. The molecule has 0 saturated carbocycles. The number of thioether (sulfide) groups is 1. The van der Waals surface area contributed by atoms with E-state index < -0.39 is 0 Å². The molecule has 2 N–H and O–H groups in total. The molecule has 0 aliphatic carbocycles. The maximum absolute atomic E-state index is 13.2. The average Bonchev–Trinajstić information content (AvgIpc) is 3.63. The Bertz CT molecular complexity index is 1300. The third-order valence-electron chi connectivity index (χ3n) is 5.55. The third kappa shape index (κ3) is 4.42. The topological polar surface area (TPSA) is 98.9 Å². The predicted octanol–water partition coefficient (Wildman–Crippen LogP) is 4.34. The summed E-state index contributed by atoms with van der Waals surface area (Å²) in [5.74, 6) is 7.54. The SMILES string of the molecule is COc1ccc(C2=NN(C(=O)CSc3nc(-c4ccccc4)cn3N)[C@@H](c3ccco3)C2)cc1. The van der Waals surface area contributed by atoms with Crippen LogP contribution in [-0.2, 0) is 4.79 Å². The number of carbonyl (C=O) groups excluding carboxylic acids is 1. The highest BCUT2D eigenvalue weighted by atomic mass is 32.2. The number of imidazole rings is 1. The van der Waals surface area contributed by atoms with Gasteiger partial charge in [-0.3, -0.25) is 4.79 Å². The van der Waals surface area contributed by atoms with Crippen LogP contribution in [0.4, 0.5) is 0 Å². The van der Waals surface area contributed by atoms with E-state index in [0.29, 0.717) is 17.3 Å². The van der Waals surface area contributed by atoms with E-state index in [9.17, 15) is 4.79 Å². The van der Waals surface area contributed by atoms with Crippen molar-refractivity contribution >= 4 is 23.4 Å². The van der Waals surface area contributed by atoms with Gasteiger partial charge in [-0.05, 0) is 42.0 Å².